The zero-order valence-electron chi connectivity index (χ0n) is 9.07. The third kappa shape index (κ3) is 1.84. The summed E-state index contributed by atoms with van der Waals surface area (Å²) < 4.78 is 6.84. The van der Waals surface area contributed by atoms with Gasteiger partial charge >= 0.3 is 0 Å². The van der Waals surface area contributed by atoms with Crippen LogP contribution in [0.3, 0.4) is 0 Å². The molecule has 0 spiro atoms. The Balaban J connectivity index is 2.58. The number of nitrogen functional groups attached to an aromatic ring is 1. The molecule has 0 aliphatic heterocycles. The largest absolute Gasteiger partial charge is 0.497 e. The van der Waals surface area contributed by atoms with Gasteiger partial charge in [0.15, 0.2) is 0 Å². The second-order valence-corrected chi connectivity index (χ2v) is 3.85. The van der Waals surface area contributed by atoms with E-state index in [4.69, 9.17) is 22.1 Å². The molecule has 4 nitrogen and oxygen atoms in total. The van der Waals surface area contributed by atoms with Crippen LogP contribution >= 0.6 is 11.6 Å². The number of nitrogens with zero attached hydrogens (tertiary/aromatic N) is 2. The van der Waals surface area contributed by atoms with Gasteiger partial charge in [0.25, 0.3) is 0 Å². The molecule has 0 saturated heterocycles. The van der Waals surface area contributed by atoms with E-state index in [1.165, 1.54) is 0 Å². The molecule has 0 fully saturated rings. The lowest BCUT2D eigenvalue weighted by Crippen LogP contribution is -2.01. The highest BCUT2D eigenvalue weighted by atomic mass is 35.5. The number of anilines is 1. The Kier molecular flexibility index (Phi) is 2.75. The molecule has 0 aliphatic carbocycles. The van der Waals surface area contributed by atoms with Gasteiger partial charge in [-0.25, -0.2) is 4.68 Å². The Labute approximate surface area is 98.6 Å². The maximum Gasteiger partial charge on any atom is 0.146 e. The molecule has 0 unspecified atom stereocenters. The monoisotopic (exact) mass is 237 g/mol. The molecule has 2 aromatic rings. The smallest absolute Gasteiger partial charge is 0.146 e. The third-order valence-corrected chi connectivity index (χ3v) is 2.61. The summed E-state index contributed by atoms with van der Waals surface area (Å²) in [6, 6.07) is 7.18. The maximum atomic E-state index is 6.11. The summed E-state index contributed by atoms with van der Waals surface area (Å²) in [5, 5.41) is 4.77. The quantitative estimate of drug-likeness (QED) is 0.873. The van der Waals surface area contributed by atoms with E-state index < -0.39 is 0 Å². The van der Waals surface area contributed by atoms with E-state index in [0.29, 0.717) is 10.8 Å². The molecular formula is C11H12ClN3O. The Morgan fingerprint density at radius 3 is 2.69 bits per heavy atom. The van der Waals surface area contributed by atoms with E-state index >= 15 is 0 Å². The first-order chi connectivity index (χ1) is 7.61. The minimum Gasteiger partial charge on any atom is -0.497 e. The topological polar surface area (TPSA) is 53.1 Å². The van der Waals surface area contributed by atoms with E-state index in [0.717, 1.165) is 17.1 Å². The van der Waals surface area contributed by atoms with Crippen molar-refractivity contribution in [1.29, 1.82) is 0 Å². The first-order valence-corrected chi connectivity index (χ1v) is 5.15. The first kappa shape index (κ1) is 10.8. The molecule has 0 atom stereocenters. The van der Waals surface area contributed by atoms with Crippen LogP contribution < -0.4 is 10.5 Å². The van der Waals surface area contributed by atoms with Crippen LogP contribution in [-0.4, -0.2) is 16.9 Å². The SMILES string of the molecule is COc1ccc(Cl)c(-n2nc(N)cc2C)c1. The Morgan fingerprint density at radius 2 is 2.12 bits per heavy atom. The normalized spacial score (nSPS) is 10.4. The number of aryl methyl sites for hydroxylation is 1. The van der Waals surface area contributed by atoms with Gasteiger partial charge in [0.2, 0.25) is 0 Å². The molecule has 1 heterocycles. The van der Waals surface area contributed by atoms with Crippen LogP contribution in [0.2, 0.25) is 5.02 Å². The van der Waals surface area contributed by atoms with Crippen LogP contribution in [0.15, 0.2) is 24.3 Å². The van der Waals surface area contributed by atoms with E-state index in [1.807, 2.05) is 13.0 Å². The minimum atomic E-state index is 0.469. The first-order valence-electron chi connectivity index (χ1n) is 4.78. The number of halogens is 1. The summed E-state index contributed by atoms with van der Waals surface area (Å²) in [6.07, 6.45) is 0. The fourth-order valence-electron chi connectivity index (χ4n) is 1.52. The highest BCUT2D eigenvalue weighted by Gasteiger charge is 2.09. The number of aromatic nitrogens is 2. The molecule has 0 radical (unpaired) electrons. The van der Waals surface area contributed by atoms with Gasteiger partial charge in [0.1, 0.15) is 11.6 Å². The summed E-state index contributed by atoms with van der Waals surface area (Å²) in [5.41, 5.74) is 7.31. The van der Waals surface area contributed by atoms with Crippen LogP contribution in [0.5, 0.6) is 5.75 Å². The highest BCUT2D eigenvalue weighted by molar-refractivity contribution is 6.32. The summed E-state index contributed by atoms with van der Waals surface area (Å²) in [4.78, 5) is 0. The molecule has 1 aromatic carbocycles. The van der Waals surface area contributed by atoms with Crippen molar-refractivity contribution in [3.05, 3.63) is 35.0 Å². The summed E-state index contributed by atoms with van der Waals surface area (Å²) in [6.45, 7) is 1.92. The van der Waals surface area contributed by atoms with Crippen LogP contribution in [-0.2, 0) is 0 Å². The zero-order chi connectivity index (χ0) is 11.7. The maximum absolute atomic E-state index is 6.11. The van der Waals surface area contributed by atoms with Gasteiger partial charge in [0.05, 0.1) is 17.8 Å². The van der Waals surface area contributed by atoms with Gasteiger partial charge in [-0.2, -0.15) is 5.10 Å². The second-order valence-electron chi connectivity index (χ2n) is 3.44. The van der Waals surface area contributed by atoms with Gasteiger partial charge in [-0.05, 0) is 19.1 Å². The summed E-state index contributed by atoms with van der Waals surface area (Å²) >= 11 is 6.11. The van der Waals surface area contributed by atoms with Crippen LogP contribution in [0.1, 0.15) is 5.69 Å². The van der Waals surface area contributed by atoms with Crippen molar-refractivity contribution in [2.24, 2.45) is 0 Å². The average Bonchev–Trinajstić information content (AvgIpc) is 2.58. The Bertz CT molecular complexity index is 522. The molecule has 0 bridgehead atoms. The van der Waals surface area contributed by atoms with Crippen molar-refractivity contribution in [3.8, 4) is 11.4 Å². The molecule has 1 aromatic heterocycles. The van der Waals surface area contributed by atoms with Crippen molar-refractivity contribution in [3.63, 3.8) is 0 Å². The van der Waals surface area contributed by atoms with Gasteiger partial charge < -0.3 is 10.5 Å². The molecule has 84 valence electrons. The molecule has 0 aliphatic rings. The highest BCUT2D eigenvalue weighted by Crippen LogP contribution is 2.26. The van der Waals surface area contributed by atoms with Gasteiger partial charge in [-0.3, -0.25) is 0 Å². The van der Waals surface area contributed by atoms with E-state index in [2.05, 4.69) is 5.10 Å². The fourth-order valence-corrected chi connectivity index (χ4v) is 1.72. The van der Waals surface area contributed by atoms with Crippen molar-refractivity contribution in [1.82, 2.24) is 9.78 Å². The Morgan fingerprint density at radius 1 is 1.38 bits per heavy atom. The number of hydrogen-bond donors (Lipinski definition) is 1. The molecule has 0 amide bonds. The number of ether oxygens (including phenoxy) is 1. The summed E-state index contributed by atoms with van der Waals surface area (Å²) in [7, 11) is 1.61. The van der Waals surface area contributed by atoms with E-state index in [9.17, 15) is 0 Å². The number of benzene rings is 1. The van der Waals surface area contributed by atoms with Crippen molar-refractivity contribution in [2.75, 3.05) is 12.8 Å². The fraction of sp³-hybridized carbons (Fsp3) is 0.182. The molecule has 2 rings (SSSR count). The molecule has 2 N–H and O–H groups in total. The Hall–Kier alpha value is -1.68. The number of hydrogen-bond acceptors (Lipinski definition) is 3. The van der Waals surface area contributed by atoms with Crippen LogP contribution in [0.4, 0.5) is 5.82 Å². The lowest BCUT2D eigenvalue weighted by molar-refractivity contribution is 0.414. The average molecular weight is 238 g/mol. The van der Waals surface area contributed by atoms with Gasteiger partial charge in [0, 0.05) is 17.8 Å². The van der Waals surface area contributed by atoms with E-state index in [-0.39, 0.29) is 0 Å². The third-order valence-electron chi connectivity index (χ3n) is 2.29. The van der Waals surface area contributed by atoms with Crippen molar-refractivity contribution >= 4 is 17.4 Å². The van der Waals surface area contributed by atoms with Gasteiger partial charge in [-0.15, -0.1) is 0 Å². The minimum absolute atomic E-state index is 0.469. The molecule has 0 saturated carbocycles. The lowest BCUT2D eigenvalue weighted by atomic mass is 10.3. The van der Waals surface area contributed by atoms with E-state index in [1.54, 1.807) is 30.0 Å². The number of methoxy groups -OCH3 is 1. The molecular weight excluding hydrogens is 226 g/mol. The predicted molar refractivity (Wildman–Crippen MR) is 64.3 cm³/mol. The lowest BCUT2D eigenvalue weighted by Gasteiger charge is -2.08. The van der Waals surface area contributed by atoms with Crippen molar-refractivity contribution in [2.45, 2.75) is 6.92 Å². The van der Waals surface area contributed by atoms with Crippen LogP contribution in [0.25, 0.3) is 5.69 Å². The predicted octanol–water partition coefficient (Wildman–Crippen LogP) is 2.42. The number of nitrogens with two attached hydrogens (primary N) is 1. The molecule has 5 heteroatoms. The van der Waals surface area contributed by atoms with Crippen molar-refractivity contribution < 1.29 is 4.74 Å². The van der Waals surface area contributed by atoms with Gasteiger partial charge in [-0.1, -0.05) is 11.6 Å². The number of rotatable bonds is 2. The van der Waals surface area contributed by atoms with Crippen LogP contribution in [0, 0.1) is 6.92 Å². The second kappa shape index (κ2) is 4.06. The molecule has 16 heavy (non-hydrogen) atoms. The standard InChI is InChI=1S/C11H12ClN3O/c1-7-5-11(13)14-15(7)10-6-8(16-2)3-4-9(10)12/h3-6H,1-2H3,(H2,13,14). The zero-order valence-corrected chi connectivity index (χ0v) is 9.82. The summed E-state index contributed by atoms with van der Waals surface area (Å²) in [5.74, 6) is 1.20.